The monoisotopic (exact) mass is 214 g/mol. The lowest BCUT2D eigenvalue weighted by Gasteiger charge is -2.41. The number of aliphatic carboxylic acids is 1. The summed E-state index contributed by atoms with van der Waals surface area (Å²) in [5, 5.41) is 9.17. The number of hydrogen-bond acceptors (Lipinski definition) is 3. The van der Waals surface area contributed by atoms with Crippen molar-refractivity contribution >= 4 is 5.97 Å². The summed E-state index contributed by atoms with van der Waals surface area (Å²) in [6.45, 7) is 9.75. The van der Waals surface area contributed by atoms with Gasteiger partial charge in [-0.2, -0.15) is 0 Å². The second-order valence-electron chi connectivity index (χ2n) is 4.48. The fourth-order valence-electron chi connectivity index (χ4n) is 2.10. The minimum atomic E-state index is -0.686. The molecule has 0 aromatic carbocycles. The molecule has 0 saturated carbocycles. The van der Waals surface area contributed by atoms with Crippen molar-refractivity contribution in [3.05, 3.63) is 0 Å². The Morgan fingerprint density at radius 1 is 1.47 bits per heavy atom. The van der Waals surface area contributed by atoms with Crippen molar-refractivity contribution in [2.24, 2.45) is 0 Å². The molecule has 0 amide bonds. The largest absolute Gasteiger partial charge is 0.480 e. The first-order valence-electron chi connectivity index (χ1n) is 5.77. The molecule has 0 radical (unpaired) electrons. The third-order valence-electron chi connectivity index (χ3n) is 3.05. The molecule has 1 heterocycles. The van der Waals surface area contributed by atoms with Gasteiger partial charge in [0, 0.05) is 25.7 Å². The Balaban J connectivity index is 2.61. The third-order valence-corrected chi connectivity index (χ3v) is 3.05. The zero-order chi connectivity index (χ0) is 11.4. The van der Waals surface area contributed by atoms with Crippen LogP contribution in [-0.2, 0) is 4.79 Å². The van der Waals surface area contributed by atoms with E-state index in [1.165, 1.54) is 0 Å². The summed E-state index contributed by atoms with van der Waals surface area (Å²) in [5.74, 6) is -0.686. The van der Waals surface area contributed by atoms with E-state index in [2.05, 4.69) is 30.6 Å². The van der Waals surface area contributed by atoms with E-state index < -0.39 is 5.97 Å². The van der Waals surface area contributed by atoms with Gasteiger partial charge in [0.2, 0.25) is 0 Å². The molecular weight excluding hydrogens is 192 g/mol. The maximum Gasteiger partial charge on any atom is 0.322 e. The van der Waals surface area contributed by atoms with E-state index in [4.69, 9.17) is 5.11 Å². The van der Waals surface area contributed by atoms with Crippen LogP contribution < -0.4 is 0 Å². The Morgan fingerprint density at radius 3 is 2.60 bits per heavy atom. The molecule has 15 heavy (non-hydrogen) atoms. The van der Waals surface area contributed by atoms with Gasteiger partial charge >= 0.3 is 5.97 Å². The van der Waals surface area contributed by atoms with Crippen LogP contribution in [0.2, 0.25) is 0 Å². The maximum atomic E-state index is 11.1. The topological polar surface area (TPSA) is 43.8 Å². The summed E-state index contributed by atoms with van der Waals surface area (Å²) in [5.41, 5.74) is 0. The Morgan fingerprint density at radius 2 is 2.13 bits per heavy atom. The Kier molecular flexibility index (Phi) is 4.54. The van der Waals surface area contributed by atoms with Gasteiger partial charge in [-0.05, 0) is 26.8 Å². The highest BCUT2D eigenvalue weighted by Gasteiger charge is 2.32. The van der Waals surface area contributed by atoms with Crippen LogP contribution >= 0.6 is 0 Å². The smallest absolute Gasteiger partial charge is 0.322 e. The van der Waals surface area contributed by atoms with E-state index in [0.717, 1.165) is 26.1 Å². The molecule has 1 unspecified atom stereocenters. The molecule has 1 N–H and O–H groups in total. The summed E-state index contributed by atoms with van der Waals surface area (Å²) in [4.78, 5) is 15.5. The SMILES string of the molecule is CCCN1CCN(C(C)C)CC1C(=O)O. The van der Waals surface area contributed by atoms with Gasteiger partial charge < -0.3 is 5.11 Å². The maximum absolute atomic E-state index is 11.1. The molecule has 1 rings (SSSR count). The summed E-state index contributed by atoms with van der Waals surface area (Å²) < 4.78 is 0. The van der Waals surface area contributed by atoms with Crippen molar-refractivity contribution in [3.63, 3.8) is 0 Å². The van der Waals surface area contributed by atoms with E-state index in [9.17, 15) is 4.79 Å². The normalized spacial score (nSPS) is 24.7. The van der Waals surface area contributed by atoms with E-state index in [-0.39, 0.29) is 6.04 Å². The van der Waals surface area contributed by atoms with E-state index in [1.54, 1.807) is 0 Å². The molecule has 1 saturated heterocycles. The molecule has 0 bridgehead atoms. The second-order valence-corrected chi connectivity index (χ2v) is 4.48. The first-order chi connectivity index (χ1) is 7.06. The Bertz CT molecular complexity index is 219. The van der Waals surface area contributed by atoms with Gasteiger partial charge in [0.1, 0.15) is 6.04 Å². The summed E-state index contributed by atoms with van der Waals surface area (Å²) in [7, 11) is 0. The van der Waals surface area contributed by atoms with Gasteiger partial charge in [-0.25, -0.2) is 0 Å². The molecule has 1 fully saturated rings. The van der Waals surface area contributed by atoms with Crippen molar-refractivity contribution in [2.45, 2.75) is 39.3 Å². The highest BCUT2D eigenvalue weighted by atomic mass is 16.4. The van der Waals surface area contributed by atoms with Gasteiger partial charge in [0.05, 0.1) is 0 Å². The van der Waals surface area contributed by atoms with Crippen molar-refractivity contribution < 1.29 is 9.90 Å². The van der Waals surface area contributed by atoms with Crippen LogP contribution in [0.15, 0.2) is 0 Å². The second kappa shape index (κ2) is 5.47. The average Bonchev–Trinajstić information content (AvgIpc) is 2.18. The molecule has 1 aliphatic rings. The minimum Gasteiger partial charge on any atom is -0.480 e. The zero-order valence-corrected chi connectivity index (χ0v) is 9.94. The molecule has 1 atom stereocenters. The van der Waals surface area contributed by atoms with Crippen LogP contribution in [0.1, 0.15) is 27.2 Å². The molecule has 0 aliphatic carbocycles. The van der Waals surface area contributed by atoms with Crippen LogP contribution in [0.3, 0.4) is 0 Å². The number of hydrogen-bond donors (Lipinski definition) is 1. The summed E-state index contributed by atoms with van der Waals surface area (Å²) in [6.07, 6.45) is 1.02. The number of nitrogens with zero attached hydrogens (tertiary/aromatic N) is 2. The summed E-state index contributed by atoms with van der Waals surface area (Å²) >= 11 is 0. The predicted molar refractivity (Wildman–Crippen MR) is 60.0 cm³/mol. The first kappa shape index (κ1) is 12.5. The van der Waals surface area contributed by atoms with Crippen LogP contribution in [0.5, 0.6) is 0 Å². The zero-order valence-electron chi connectivity index (χ0n) is 9.94. The first-order valence-corrected chi connectivity index (χ1v) is 5.77. The van der Waals surface area contributed by atoms with Crippen LogP contribution in [0, 0.1) is 0 Å². The number of carbonyl (C=O) groups is 1. The number of carboxylic acid groups (broad SMARTS) is 1. The molecular formula is C11H22N2O2. The molecule has 1 aliphatic heterocycles. The van der Waals surface area contributed by atoms with Crippen molar-refractivity contribution in [1.29, 1.82) is 0 Å². The third kappa shape index (κ3) is 3.18. The lowest BCUT2D eigenvalue weighted by Crippen LogP contribution is -2.57. The fourth-order valence-corrected chi connectivity index (χ4v) is 2.10. The minimum absolute atomic E-state index is 0.318. The lowest BCUT2D eigenvalue weighted by molar-refractivity contribution is -0.146. The van der Waals surface area contributed by atoms with Crippen molar-refractivity contribution in [2.75, 3.05) is 26.2 Å². The number of carboxylic acids is 1. The van der Waals surface area contributed by atoms with E-state index >= 15 is 0 Å². The summed E-state index contributed by atoms with van der Waals surface area (Å²) in [6, 6.07) is 0.122. The van der Waals surface area contributed by atoms with Gasteiger partial charge in [0.15, 0.2) is 0 Å². The predicted octanol–water partition coefficient (Wildman–Crippen LogP) is 0.876. The van der Waals surface area contributed by atoms with Gasteiger partial charge in [-0.15, -0.1) is 0 Å². The lowest BCUT2D eigenvalue weighted by atomic mass is 10.1. The van der Waals surface area contributed by atoms with E-state index in [1.807, 2.05) is 0 Å². The molecule has 88 valence electrons. The molecule has 0 spiro atoms. The standard InChI is InChI=1S/C11H22N2O2/c1-4-5-12-6-7-13(9(2)3)8-10(12)11(14)15/h9-10H,4-8H2,1-3H3,(H,14,15). The van der Waals surface area contributed by atoms with Gasteiger partial charge in [0.25, 0.3) is 0 Å². The van der Waals surface area contributed by atoms with Crippen molar-refractivity contribution in [3.8, 4) is 0 Å². The molecule has 0 aromatic rings. The average molecular weight is 214 g/mol. The number of rotatable bonds is 4. The Labute approximate surface area is 91.9 Å². The molecule has 4 nitrogen and oxygen atoms in total. The van der Waals surface area contributed by atoms with Crippen LogP contribution in [-0.4, -0.2) is 59.1 Å². The fraction of sp³-hybridized carbons (Fsp3) is 0.909. The Hall–Kier alpha value is -0.610. The highest BCUT2D eigenvalue weighted by Crippen LogP contribution is 2.13. The van der Waals surface area contributed by atoms with Crippen molar-refractivity contribution in [1.82, 2.24) is 9.80 Å². The number of piperazine rings is 1. The molecule has 4 heteroatoms. The van der Waals surface area contributed by atoms with Gasteiger partial charge in [-0.1, -0.05) is 6.92 Å². The quantitative estimate of drug-likeness (QED) is 0.754. The van der Waals surface area contributed by atoms with Gasteiger partial charge in [-0.3, -0.25) is 14.6 Å². The highest BCUT2D eigenvalue weighted by molar-refractivity contribution is 5.74. The van der Waals surface area contributed by atoms with E-state index in [0.29, 0.717) is 12.6 Å². The molecule has 0 aromatic heterocycles. The van der Waals surface area contributed by atoms with Crippen LogP contribution in [0.25, 0.3) is 0 Å². The van der Waals surface area contributed by atoms with Crippen LogP contribution in [0.4, 0.5) is 0 Å².